The van der Waals surface area contributed by atoms with Gasteiger partial charge in [-0.2, -0.15) is 15.1 Å². The van der Waals surface area contributed by atoms with E-state index in [1.54, 1.807) is 0 Å². The molecule has 22 heavy (non-hydrogen) atoms. The van der Waals surface area contributed by atoms with Crippen molar-refractivity contribution >= 4 is 17.6 Å². The molecule has 0 atom stereocenters. The number of rotatable bonds is 5. The highest BCUT2D eigenvalue weighted by Crippen LogP contribution is 2.28. The lowest BCUT2D eigenvalue weighted by atomic mass is 10.1. The Hall–Kier alpha value is -2.35. The van der Waals surface area contributed by atoms with E-state index in [4.69, 9.17) is 10.8 Å². The zero-order valence-corrected chi connectivity index (χ0v) is 12.8. The Morgan fingerprint density at radius 3 is 2.73 bits per heavy atom. The minimum Gasteiger partial charge on any atom is -0.395 e. The average Bonchev–Trinajstić information content (AvgIpc) is 2.73. The summed E-state index contributed by atoms with van der Waals surface area (Å²) in [4.78, 5) is 10.5. The molecular formula is C14H21N7O. The van der Waals surface area contributed by atoms with Crippen LogP contribution < -0.4 is 16.0 Å². The lowest BCUT2D eigenvalue weighted by molar-refractivity contribution is 0.311. The first-order valence-corrected chi connectivity index (χ1v) is 7.34. The normalized spacial score (nSPS) is 15.0. The number of aromatic nitrogens is 4. The second-order valence-corrected chi connectivity index (χ2v) is 5.55. The number of hydrogen-bond acceptors (Lipinski definition) is 7. The first-order chi connectivity index (χ1) is 10.6. The van der Waals surface area contributed by atoms with Crippen molar-refractivity contribution in [3.8, 4) is 0 Å². The molecule has 0 saturated carbocycles. The van der Waals surface area contributed by atoms with E-state index in [-0.39, 0.29) is 12.6 Å². The van der Waals surface area contributed by atoms with Crippen molar-refractivity contribution in [3.63, 3.8) is 0 Å². The zero-order valence-electron chi connectivity index (χ0n) is 12.8. The van der Waals surface area contributed by atoms with Gasteiger partial charge in [0, 0.05) is 31.4 Å². The molecule has 3 rings (SSSR count). The van der Waals surface area contributed by atoms with E-state index in [2.05, 4.69) is 43.0 Å². The number of anilines is 3. The van der Waals surface area contributed by atoms with Crippen LogP contribution in [0.4, 0.5) is 17.6 Å². The molecule has 8 heteroatoms. The predicted octanol–water partition coefficient (Wildman–Crippen LogP) is 0.338. The molecule has 4 N–H and O–H groups in total. The predicted molar refractivity (Wildman–Crippen MR) is 85.0 cm³/mol. The van der Waals surface area contributed by atoms with E-state index in [0.717, 1.165) is 24.6 Å². The Morgan fingerprint density at radius 2 is 2.09 bits per heavy atom. The van der Waals surface area contributed by atoms with Gasteiger partial charge in [-0.1, -0.05) is 0 Å². The van der Waals surface area contributed by atoms with Gasteiger partial charge in [0.15, 0.2) is 0 Å². The van der Waals surface area contributed by atoms with E-state index in [1.165, 1.54) is 5.69 Å². The molecule has 118 valence electrons. The fraction of sp³-hybridized carbons (Fsp3) is 0.500. The van der Waals surface area contributed by atoms with Crippen molar-refractivity contribution in [2.75, 3.05) is 42.2 Å². The van der Waals surface area contributed by atoms with Gasteiger partial charge in [0.25, 0.3) is 0 Å². The lowest BCUT2D eigenvalue weighted by Gasteiger charge is -2.40. The molecule has 2 aromatic rings. The highest BCUT2D eigenvalue weighted by atomic mass is 16.3. The summed E-state index contributed by atoms with van der Waals surface area (Å²) in [6.45, 7) is 6.25. The molecule has 0 bridgehead atoms. The van der Waals surface area contributed by atoms with E-state index in [1.807, 2.05) is 13.0 Å². The summed E-state index contributed by atoms with van der Waals surface area (Å²) < 4.78 is 2.07. The number of nitrogens with zero attached hydrogens (tertiary/aromatic N) is 5. The highest BCUT2D eigenvalue weighted by Gasteiger charge is 2.31. The SMILES string of the molecule is Cc1cc(C)n(C2CN(c3cc(NCCO)nc(N)n3)C2)n1. The van der Waals surface area contributed by atoms with Crippen molar-refractivity contribution in [2.45, 2.75) is 19.9 Å². The van der Waals surface area contributed by atoms with Crippen molar-refractivity contribution in [2.24, 2.45) is 0 Å². The minimum absolute atomic E-state index is 0.0446. The molecule has 0 radical (unpaired) electrons. The summed E-state index contributed by atoms with van der Waals surface area (Å²) in [6.07, 6.45) is 0. The maximum atomic E-state index is 8.86. The minimum atomic E-state index is 0.0446. The summed E-state index contributed by atoms with van der Waals surface area (Å²) in [6, 6.07) is 4.30. The van der Waals surface area contributed by atoms with Crippen molar-refractivity contribution in [1.29, 1.82) is 0 Å². The molecular weight excluding hydrogens is 282 g/mol. The highest BCUT2D eigenvalue weighted by molar-refractivity contribution is 5.54. The second-order valence-electron chi connectivity index (χ2n) is 5.55. The Bertz CT molecular complexity index is 663. The van der Waals surface area contributed by atoms with E-state index < -0.39 is 0 Å². The van der Waals surface area contributed by atoms with Gasteiger partial charge in [-0.05, 0) is 19.9 Å². The molecule has 1 fully saturated rings. The van der Waals surface area contributed by atoms with E-state index in [9.17, 15) is 0 Å². The molecule has 8 nitrogen and oxygen atoms in total. The molecule has 0 aliphatic carbocycles. The molecule has 0 unspecified atom stereocenters. The van der Waals surface area contributed by atoms with Gasteiger partial charge in [-0.25, -0.2) is 0 Å². The van der Waals surface area contributed by atoms with Crippen molar-refractivity contribution < 1.29 is 5.11 Å². The molecule has 0 amide bonds. The van der Waals surface area contributed by atoms with Crippen LogP contribution in [-0.2, 0) is 0 Å². The van der Waals surface area contributed by atoms with Gasteiger partial charge in [-0.15, -0.1) is 0 Å². The van der Waals surface area contributed by atoms with Crippen LogP contribution in [0.5, 0.6) is 0 Å². The third-order valence-corrected chi connectivity index (χ3v) is 3.72. The van der Waals surface area contributed by atoms with Crippen LogP contribution in [0, 0.1) is 13.8 Å². The summed E-state index contributed by atoms with van der Waals surface area (Å²) in [7, 11) is 0. The number of nitrogens with one attached hydrogen (secondary N) is 1. The number of nitrogens with two attached hydrogens (primary N) is 1. The van der Waals surface area contributed by atoms with E-state index in [0.29, 0.717) is 18.4 Å². The quantitative estimate of drug-likeness (QED) is 0.731. The molecule has 1 aliphatic heterocycles. The zero-order chi connectivity index (χ0) is 15.7. The standard InChI is InChI=1S/C14H21N7O/c1-9-5-10(2)21(19-9)11-7-20(8-11)13-6-12(16-3-4-22)17-14(15)18-13/h5-6,11,22H,3-4,7-8H2,1-2H3,(H3,15,16,17,18). The number of aliphatic hydroxyl groups excluding tert-OH is 1. The largest absolute Gasteiger partial charge is 0.395 e. The fourth-order valence-corrected chi connectivity index (χ4v) is 2.70. The molecule has 1 saturated heterocycles. The second kappa shape index (κ2) is 5.80. The smallest absolute Gasteiger partial charge is 0.223 e. The first-order valence-electron chi connectivity index (χ1n) is 7.34. The Morgan fingerprint density at radius 1 is 1.32 bits per heavy atom. The fourth-order valence-electron chi connectivity index (χ4n) is 2.70. The van der Waals surface area contributed by atoms with E-state index >= 15 is 0 Å². The summed E-state index contributed by atoms with van der Waals surface area (Å²) in [5, 5.41) is 16.4. The van der Waals surface area contributed by atoms with Gasteiger partial charge in [0.05, 0.1) is 18.3 Å². The number of hydrogen-bond donors (Lipinski definition) is 3. The van der Waals surface area contributed by atoms with Crippen LogP contribution in [0.25, 0.3) is 0 Å². The van der Waals surface area contributed by atoms with Gasteiger partial charge < -0.3 is 21.1 Å². The molecule has 0 spiro atoms. The van der Waals surface area contributed by atoms with Crippen LogP contribution in [0.1, 0.15) is 17.4 Å². The van der Waals surface area contributed by atoms with Crippen LogP contribution in [0.15, 0.2) is 12.1 Å². The molecule has 2 aromatic heterocycles. The summed E-state index contributed by atoms with van der Waals surface area (Å²) >= 11 is 0. The monoisotopic (exact) mass is 303 g/mol. The maximum absolute atomic E-state index is 8.86. The average molecular weight is 303 g/mol. The Kier molecular flexibility index (Phi) is 3.84. The summed E-state index contributed by atoms with van der Waals surface area (Å²) in [5.41, 5.74) is 7.97. The third-order valence-electron chi connectivity index (χ3n) is 3.72. The first kappa shape index (κ1) is 14.6. The van der Waals surface area contributed by atoms with Crippen molar-refractivity contribution in [1.82, 2.24) is 19.7 Å². The molecule has 3 heterocycles. The van der Waals surface area contributed by atoms with Crippen LogP contribution >= 0.6 is 0 Å². The van der Waals surface area contributed by atoms with Gasteiger partial charge in [0.2, 0.25) is 5.95 Å². The Labute approximate surface area is 129 Å². The van der Waals surface area contributed by atoms with Gasteiger partial charge in [0.1, 0.15) is 11.6 Å². The van der Waals surface area contributed by atoms with Crippen LogP contribution in [0.2, 0.25) is 0 Å². The maximum Gasteiger partial charge on any atom is 0.223 e. The van der Waals surface area contributed by atoms with Crippen LogP contribution in [0.3, 0.4) is 0 Å². The number of aliphatic hydroxyl groups is 1. The van der Waals surface area contributed by atoms with Gasteiger partial charge in [-0.3, -0.25) is 4.68 Å². The topological polar surface area (TPSA) is 105 Å². The lowest BCUT2D eigenvalue weighted by Crippen LogP contribution is -2.49. The molecule has 1 aliphatic rings. The van der Waals surface area contributed by atoms with Gasteiger partial charge >= 0.3 is 0 Å². The number of aryl methyl sites for hydroxylation is 2. The van der Waals surface area contributed by atoms with Crippen LogP contribution in [-0.4, -0.2) is 51.1 Å². The number of nitrogen functional groups attached to an aromatic ring is 1. The molecule has 0 aromatic carbocycles. The summed E-state index contributed by atoms with van der Waals surface area (Å²) in [5.74, 6) is 1.66. The Balaban J connectivity index is 1.69. The van der Waals surface area contributed by atoms with Crippen molar-refractivity contribution in [3.05, 3.63) is 23.5 Å². The third kappa shape index (κ3) is 2.82.